The van der Waals surface area contributed by atoms with Crippen LogP contribution >= 0.6 is 12.6 Å². The van der Waals surface area contributed by atoms with Crippen molar-refractivity contribution in [3.8, 4) is 5.75 Å². The van der Waals surface area contributed by atoms with Crippen molar-refractivity contribution < 1.29 is 19.8 Å². The van der Waals surface area contributed by atoms with E-state index in [1.165, 1.54) is 6.07 Å². The molecule has 0 aromatic heterocycles. The van der Waals surface area contributed by atoms with Crippen LogP contribution in [-0.4, -0.2) is 40.3 Å². The zero-order valence-electron chi connectivity index (χ0n) is 11.1. The van der Waals surface area contributed by atoms with Gasteiger partial charge >= 0.3 is 5.97 Å². The highest BCUT2D eigenvalue weighted by Crippen LogP contribution is 2.27. The van der Waals surface area contributed by atoms with Crippen LogP contribution in [0.25, 0.3) is 10.8 Å². The predicted molar refractivity (Wildman–Crippen MR) is 83.2 cm³/mol. The van der Waals surface area contributed by atoms with Crippen molar-refractivity contribution >= 4 is 35.2 Å². The second-order valence-corrected chi connectivity index (χ2v) is 4.92. The maximum absolute atomic E-state index is 12.3. The Kier molecular flexibility index (Phi) is 4.82. The lowest BCUT2D eigenvalue weighted by atomic mass is 10.00. The van der Waals surface area contributed by atoms with Crippen molar-refractivity contribution in [2.24, 2.45) is 0 Å². The third-order valence-corrected chi connectivity index (χ3v) is 3.54. The normalized spacial score (nSPS) is 12.2. The number of carboxylic acids is 1. The van der Waals surface area contributed by atoms with Crippen LogP contribution in [0.1, 0.15) is 10.4 Å². The summed E-state index contributed by atoms with van der Waals surface area (Å²) < 4.78 is 0. The van der Waals surface area contributed by atoms with Crippen LogP contribution in [0.2, 0.25) is 0 Å². The topological polar surface area (TPSA) is 86.6 Å². The number of Topliss-reactive ketones (excluding diaryl/α,β-unsaturated/α-hetero) is 1. The fraction of sp³-hybridized carbons (Fsp3) is 0.200. The van der Waals surface area contributed by atoms with Crippen molar-refractivity contribution in [2.75, 3.05) is 12.3 Å². The minimum atomic E-state index is -1.07. The number of benzene rings is 2. The number of rotatable bonds is 6. The molecule has 0 saturated carbocycles. The van der Waals surface area contributed by atoms with Gasteiger partial charge in [-0.15, -0.1) is 0 Å². The second kappa shape index (κ2) is 6.60. The first-order valence-electron chi connectivity index (χ1n) is 6.35. The number of thiol groups is 1. The summed E-state index contributed by atoms with van der Waals surface area (Å²) in [5.41, 5.74) is 0.198. The Bertz CT molecular complexity index is 686. The number of hydrogen-bond acceptors (Lipinski definition) is 5. The number of phenols is 1. The molecule has 0 aliphatic rings. The molecule has 0 fully saturated rings. The number of hydrogen-bond donors (Lipinski definition) is 4. The first kappa shape index (κ1) is 15.3. The van der Waals surface area contributed by atoms with Gasteiger partial charge in [0.25, 0.3) is 0 Å². The summed E-state index contributed by atoms with van der Waals surface area (Å²) in [6.07, 6.45) is 0. The number of phenolic OH excluding ortho intramolecular Hbond substituents is 1. The highest BCUT2D eigenvalue weighted by molar-refractivity contribution is 7.80. The van der Waals surface area contributed by atoms with Crippen molar-refractivity contribution in [2.45, 2.75) is 6.04 Å². The predicted octanol–water partition coefficient (Wildman–Crippen LogP) is 1.70. The van der Waals surface area contributed by atoms with Crippen molar-refractivity contribution in [1.82, 2.24) is 5.32 Å². The quantitative estimate of drug-likeness (QED) is 0.482. The molecule has 110 valence electrons. The molecule has 0 amide bonds. The monoisotopic (exact) mass is 305 g/mol. The SMILES string of the molecule is O=C(CNC(CS)C(=O)O)c1c(O)ccc2ccccc12. The molecule has 1 atom stereocenters. The third kappa shape index (κ3) is 3.34. The van der Waals surface area contributed by atoms with Gasteiger partial charge in [-0.2, -0.15) is 12.6 Å². The molecule has 0 spiro atoms. The Balaban J connectivity index is 2.27. The minimum absolute atomic E-state index is 0.0735. The molecule has 0 aliphatic carbocycles. The summed E-state index contributed by atoms with van der Waals surface area (Å²) in [6, 6.07) is 9.48. The van der Waals surface area contributed by atoms with Crippen LogP contribution in [-0.2, 0) is 4.79 Å². The first-order valence-corrected chi connectivity index (χ1v) is 6.98. The first-order chi connectivity index (χ1) is 10.0. The average Bonchev–Trinajstić information content (AvgIpc) is 2.47. The van der Waals surface area contributed by atoms with Crippen LogP contribution in [0.15, 0.2) is 36.4 Å². The number of carbonyl (C=O) groups excluding carboxylic acids is 1. The molecule has 6 heteroatoms. The summed E-state index contributed by atoms with van der Waals surface area (Å²) in [7, 11) is 0. The Morgan fingerprint density at radius 1 is 1.19 bits per heavy atom. The summed E-state index contributed by atoms with van der Waals surface area (Å²) in [5, 5.41) is 22.9. The van der Waals surface area contributed by atoms with E-state index in [2.05, 4.69) is 17.9 Å². The number of carboxylic acid groups (broad SMARTS) is 1. The van der Waals surface area contributed by atoms with Gasteiger partial charge in [-0.05, 0) is 16.8 Å². The summed E-state index contributed by atoms with van der Waals surface area (Å²) in [6.45, 7) is -0.181. The zero-order chi connectivity index (χ0) is 15.4. The van der Waals surface area contributed by atoms with Crippen LogP contribution in [0, 0.1) is 0 Å². The largest absolute Gasteiger partial charge is 0.507 e. The minimum Gasteiger partial charge on any atom is -0.507 e. The van der Waals surface area contributed by atoms with E-state index in [0.717, 1.165) is 5.39 Å². The van der Waals surface area contributed by atoms with Crippen LogP contribution < -0.4 is 5.32 Å². The molecule has 1 unspecified atom stereocenters. The van der Waals surface area contributed by atoms with E-state index < -0.39 is 12.0 Å². The number of aliphatic carboxylic acids is 1. The van der Waals surface area contributed by atoms with Gasteiger partial charge in [-0.3, -0.25) is 14.9 Å². The van der Waals surface area contributed by atoms with Crippen molar-refractivity contribution in [3.05, 3.63) is 42.0 Å². The molecule has 0 radical (unpaired) electrons. The smallest absolute Gasteiger partial charge is 0.321 e. The zero-order valence-corrected chi connectivity index (χ0v) is 12.0. The number of aromatic hydroxyl groups is 1. The summed E-state index contributed by atoms with van der Waals surface area (Å²) in [4.78, 5) is 23.2. The van der Waals surface area contributed by atoms with Gasteiger partial charge in [-0.1, -0.05) is 30.3 Å². The Labute approximate surface area is 127 Å². The number of ketones is 1. The third-order valence-electron chi connectivity index (χ3n) is 3.18. The van der Waals surface area contributed by atoms with E-state index in [1.807, 2.05) is 12.1 Å². The fourth-order valence-electron chi connectivity index (χ4n) is 2.09. The molecule has 2 aromatic rings. The number of fused-ring (bicyclic) bond motifs is 1. The van der Waals surface area contributed by atoms with Crippen molar-refractivity contribution in [1.29, 1.82) is 0 Å². The molecule has 0 aliphatic heterocycles. The van der Waals surface area contributed by atoms with Crippen LogP contribution in [0.3, 0.4) is 0 Å². The molecule has 0 heterocycles. The second-order valence-electron chi connectivity index (χ2n) is 4.56. The maximum atomic E-state index is 12.3. The van der Waals surface area contributed by atoms with E-state index in [4.69, 9.17) is 5.11 Å². The van der Waals surface area contributed by atoms with Gasteiger partial charge in [0.1, 0.15) is 11.8 Å². The van der Waals surface area contributed by atoms with E-state index in [1.54, 1.807) is 18.2 Å². The van der Waals surface area contributed by atoms with E-state index in [9.17, 15) is 14.7 Å². The molecule has 3 N–H and O–H groups in total. The molecule has 0 bridgehead atoms. The molecule has 0 saturated heterocycles. The molecular formula is C15H15NO4S. The van der Waals surface area contributed by atoms with Crippen molar-refractivity contribution in [3.63, 3.8) is 0 Å². The van der Waals surface area contributed by atoms with Gasteiger partial charge in [0.15, 0.2) is 5.78 Å². The molecule has 21 heavy (non-hydrogen) atoms. The van der Waals surface area contributed by atoms with Gasteiger partial charge in [0.2, 0.25) is 0 Å². The van der Waals surface area contributed by atoms with Gasteiger partial charge in [0.05, 0.1) is 12.1 Å². The summed E-state index contributed by atoms with van der Waals surface area (Å²) in [5.74, 6) is -1.47. The van der Waals surface area contributed by atoms with E-state index in [0.29, 0.717) is 5.39 Å². The number of nitrogens with one attached hydrogen (secondary N) is 1. The van der Waals surface area contributed by atoms with Gasteiger partial charge in [-0.25, -0.2) is 0 Å². The standard InChI is InChI=1S/C15H15NO4S/c17-12-6-5-9-3-1-2-4-10(9)14(12)13(18)7-16-11(8-21)15(19)20/h1-6,11,16-17,21H,7-8H2,(H,19,20). The average molecular weight is 305 g/mol. The number of carbonyl (C=O) groups is 2. The van der Waals surface area contributed by atoms with Gasteiger partial charge < -0.3 is 10.2 Å². The lowest BCUT2D eigenvalue weighted by Gasteiger charge is -2.12. The highest BCUT2D eigenvalue weighted by atomic mass is 32.1. The maximum Gasteiger partial charge on any atom is 0.321 e. The lowest BCUT2D eigenvalue weighted by Crippen LogP contribution is -2.41. The molecule has 5 nitrogen and oxygen atoms in total. The Hall–Kier alpha value is -2.05. The van der Waals surface area contributed by atoms with E-state index in [-0.39, 0.29) is 29.4 Å². The molecule has 2 aromatic carbocycles. The van der Waals surface area contributed by atoms with E-state index >= 15 is 0 Å². The van der Waals surface area contributed by atoms with Crippen LogP contribution in [0.4, 0.5) is 0 Å². The Morgan fingerprint density at radius 3 is 2.57 bits per heavy atom. The fourth-order valence-corrected chi connectivity index (χ4v) is 2.37. The molecule has 2 rings (SSSR count). The van der Waals surface area contributed by atoms with Gasteiger partial charge in [0, 0.05) is 5.75 Å². The van der Waals surface area contributed by atoms with Crippen LogP contribution in [0.5, 0.6) is 5.75 Å². The molecular weight excluding hydrogens is 290 g/mol. The Morgan fingerprint density at radius 2 is 1.90 bits per heavy atom. The highest BCUT2D eigenvalue weighted by Gasteiger charge is 2.19. The summed E-state index contributed by atoms with van der Waals surface area (Å²) >= 11 is 3.92. The lowest BCUT2D eigenvalue weighted by molar-refractivity contribution is -0.138.